The Labute approximate surface area is 120 Å². The number of carbonyl (C=O) groups excluding carboxylic acids is 2. The quantitative estimate of drug-likeness (QED) is 0.783. The molecular formula is C14H14N2O3S. The van der Waals surface area contributed by atoms with Gasteiger partial charge in [0.15, 0.2) is 0 Å². The smallest absolute Gasteiger partial charge is 0.261 e. The normalized spacial score (nSPS) is 10.1. The van der Waals surface area contributed by atoms with Crippen molar-refractivity contribution in [1.29, 1.82) is 0 Å². The maximum Gasteiger partial charge on any atom is 0.261 e. The van der Waals surface area contributed by atoms with Gasteiger partial charge in [-0.25, -0.2) is 0 Å². The number of rotatable bonds is 5. The number of aliphatic hydroxyl groups is 1. The van der Waals surface area contributed by atoms with Crippen molar-refractivity contribution in [2.45, 2.75) is 6.61 Å². The Hall–Kier alpha value is -2.18. The van der Waals surface area contributed by atoms with Gasteiger partial charge < -0.3 is 15.7 Å². The summed E-state index contributed by atoms with van der Waals surface area (Å²) in [6.07, 6.45) is 0. The zero-order chi connectivity index (χ0) is 14.4. The molecule has 0 radical (unpaired) electrons. The lowest BCUT2D eigenvalue weighted by Crippen LogP contribution is -2.32. The summed E-state index contributed by atoms with van der Waals surface area (Å²) < 4.78 is 0. The highest BCUT2D eigenvalue weighted by molar-refractivity contribution is 7.12. The maximum absolute atomic E-state index is 11.7. The molecular weight excluding hydrogens is 276 g/mol. The van der Waals surface area contributed by atoms with Crippen molar-refractivity contribution in [3.8, 4) is 0 Å². The van der Waals surface area contributed by atoms with E-state index in [4.69, 9.17) is 5.11 Å². The van der Waals surface area contributed by atoms with Crippen LogP contribution in [0.2, 0.25) is 0 Å². The van der Waals surface area contributed by atoms with Crippen molar-refractivity contribution in [3.05, 3.63) is 52.2 Å². The number of thiophene rings is 1. The third kappa shape index (κ3) is 3.91. The lowest BCUT2D eigenvalue weighted by Gasteiger charge is -2.06. The SMILES string of the molecule is O=C(CNC(=O)c1cccs1)Nc1ccc(CO)cc1. The minimum Gasteiger partial charge on any atom is -0.392 e. The molecule has 0 bridgehead atoms. The molecule has 0 saturated heterocycles. The molecule has 20 heavy (non-hydrogen) atoms. The zero-order valence-electron chi connectivity index (χ0n) is 10.6. The fraction of sp³-hybridized carbons (Fsp3) is 0.143. The molecule has 0 saturated carbocycles. The molecule has 3 N–H and O–H groups in total. The lowest BCUT2D eigenvalue weighted by atomic mass is 10.2. The van der Waals surface area contributed by atoms with Gasteiger partial charge in [-0.2, -0.15) is 0 Å². The van der Waals surface area contributed by atoms with E-state index in [0.29, 0.717) is 10.6 Å². The minimum absolute atomic E-state index is 0.0366. The zero-order valence-corrected chi connectivity index (χ0v) is 11.4. The van der Waals surface area contributed by atoms with Crippen LogP contribution >= 0.6 is 11.3 Å². The Morgan fingerprint density at radius 2 is 1.90 bits per heavy atom. The minimum atomic E-state index is -0.299. The fourth-order valence-electron chi connectivity index (χ4n) is 1.55. The number of aliphatic hydroxyl groups excluding tert-OH is 1. The van der Waals surface area contributed by atoms with Gasteiger partial charge in [0, 0.05) is 5.69 Å². The van der Waals surface area contributed by atoms with Crippen LogP contribution in [0.1, 0.15) is 15.2 Å². The number of hydrogen-bond acceptors (Lipinski definition) is 4. The number of benzene rings is 1. The van der Waals surface area contributed by atoms with Crippen molar-refractivity contribution in [3.63, 3.8) is 0 Å². The van der Waals surface area contributed by atoms with E-state index >= 15 is 0 Å². The third-order valence-corrected chi connectivity index (χ3v) is 3.44. The number of nitrogens with one attached hydrogen (secondary N) is 2. The first-order chi connectivity index (χ1) is 9.69. The van der Waals surface area contributed by atoms with Crippen LogP contribution < -0.4 is 10.6 Å². The van der Waals surface area contributed by atoms with Gasteiger partial charge >= 0.3 is 0 Å². The molecule has 5 nitrogen and oxygen atoms in total. The second kappa shape index (κ2) is 6.83. The molecule has 0 aliphatic heterocycles. The van der Waals surface area contributed by atoms with Gasteiger partial charge in [-0.3, -0.25) is 9.59 Å². The lowest BCUT2D eigenvalue weighted by molar-refractivity contribution is -0.115. The van der Waals surface area contributed by atoms with Crippen molar-refractivity contribution >= 4 is 28.8 Å². The Balaban J connectivity index is 1.81. The highest BCUT2D eigenvalue weighted by atomic mass is 32.1. The maximum atomic E-state index is 11.7. The summed E-state index contributed by atoms with van der Waals surface area (Å²) in [4.78, 5) is 23.9. The Morgan fingerprint density at radius 3 is 2.50 bits per heavy atom. The molecule has 0 aliphatic carbocycles. The molecule has 2 rings (SSSR count). The van der Waals surface area contributed by atoms with E-state index in [-0.39, 0.29) is 25.0 Å². The Morgan fingerprint density at radius 1 is 1.15 bits per heavy atom. The summed E-state index contributed by atoms with van der Waals surface area (Å²) in [6, 6.07) is 10.3. The first kappa shape index (κ1) is 14.2. The molecule has 2 aromatic rings. The van der Waals surface area contributed by atoms with E-state index < -0.39 is 0 Å². The summed E-state index contributed by atoms with van der Waals surface area (Å²) in [5, 5.41) is 15.9. The molecule has 6 heteroatoms. The van der Waals surface area contributed by atoms with Crippen molar-refractivity contribution in [2.75, 3.05) is 11.9 Å². The summed E-state index contributed by atoms with van der Waals surface area (Å²) >= 11 is 1.32. The van der Waals surface area contributed by atoms with Crippen LogP contribution in [0.4, 0.5) is 5.69 Å². The summed E-state index contributed by atoms with van der Waals surface area (Å²) in [5.74, 6) is -0.558. The standard InChI is InChI=1S/C14H14N2O3S/c17-9-10-3-5-11(6-4-10)16-13(18)8-15-14(19)12-2-1-7-20-12/h1-7,17H,8-9H2,(H,15,19)(H,16,18). The predicted molar refractivity (Wildman–Crippen MR) is 77.6 cm³/mol. The average Bonchev–Trinajstić information content (AvgIpc) is 3.00. The van der Waals surface area contributed by atoms with Crippen LogP contribution in [0.25, 0.3) is 0 Å². The van der Waals surface area contributed by atoms with E-state index in [1.807, 2.05) is 0 Å². The van der Waals surface area contributed by atoms with Crippen molar-refractivity contribution in [1.82, 2.24) is 5.32 Å². The second-order valence-electron chi connectivity index (χ2n) is 4.06. The van der Waals surface area contributed by atoms with Crippen LogP contribution in [-0.4, -0.2) is 23.5 Å². The van der Waals surface area contributed by atoms with Crippen LogP contribution in [0.5, 0.6) is 0 Å². The molecule has 1 aromatic heterocycles. The van der Waals surface area contributed by atoms with E-state index in [1.165, 1.54) is 11.3 Å². The van der Waals surface area contributed by atoms with Gasteiger partial charge in [0.05, 0.1) is 18.0 Å². The predicted octanol–water partition coefficient (Wildman–Crippen LogP) is 1.61. The average molecular weight is 290 g/mol. The van der Waals surface area contributed by atoms with Crippen molar-refractivity contribution in [2.24, 2.45) is 0 Å². The number of amides is 2. The van der Waals surface area contributed by atoms with Crippen LogP contribution in [0.3, 0.4) is 0 Å². The van der Waals surface area contributed by atoms with Crippen molar-refractivity contribution < 1.29 is 14.7 Å². The molecule has 1 aromatic carbocycles. The Bertz CT molecular complexity index is 579. The van der Waals surface area contributed by atoms with E-state index in [9.17, 15) is 9.59 Å². The van der Waals surface area contributed by atoms with Gasteiger partial charge in [-0.1, -0.05) is 18.2 Å². The molecule has 0 atom stereocenters. The van der Waals surface area contributed by atoms with Gasteiger partial charge in [0.2, 0.25) is 5.91 Å². The third-order valence-electron chi connectivity index (χ3n) is 2.57. The monoisotopic (exact) mass is 290 g/mol. The number of hydrogen-bond donors (Lipinski definition) is 3. The molecule has 0 aliphatic rings. The first-order valence-electron chi connectivity index (χ1n) is 6.00. The van der Waals surface area contributed by atoms with Crippen LogP contribution in [-0.2, 0) is 11.4 Å². The van der Waals surface area contributed by atoms with Crippen LogP contribution in [0.15, 0.2) is 41.8 Å². The molecule has 0 fully saturated rings. The molecule has 0 unspecified atom stereocenters. The van der Waals surface area contributed by atoms with Gasteiger partial charge in [0.1, 0.15) is 0 Å². The largest absolute Gasteiger partial charge is 0.392 e. The number of carbonyl (C=O) groups is 2. The molecule has 2 amide bonds. The summed E-state index contributed by atoms with van der Waals surface area (Å²) in [5.41, 5.74) is 1.39. The van der Waals surface area contributed by atoms with E-state index in [2.05, 4.69) is 10.6 Å². The number of anilines is 1. The second-order valence-corrected chi connectivity index (χ2v) is 5.01. The van der Waals surface area contributed by atoms with E-state index in [0.717, 1.165) is 5.56 Å². The Kier molecular flexibility index (Phi) is 4.86. The van der Waals surface area contributed by atoms with Gasteiger partial charge in [-0.15, -0.1) is 11.3 Å². The molecule has 104 valence electrons. The first-order valence-corrected chi connectivity index (χ1v) is 6.88. The fourth-order valence-corrected chi connectivity index (χ4v) is 2.19. The van der Waals surface area contributed by atoms with Gasteiger partial charge in [-0.05, 0) is 29.1 Å². The van der Waals surface area contributed by atoms with Gasteiger partial charge in [0.25, 0.3) is 5.91 Å². The summed E-state index contributed by atoms with van der Waals surface area (Å²) in [6.45, 7) is -0.121. The molecule has 0 spiro atoms. The van der Waals surface area contributed by atoms with Crippen LogP contribution in [0, 0.1) is 0 Å². The highest BCUT2D eigenvalue weighted by Gasteiger charge is 2.08. The highest BCUT2D eigenvalue weighted by Crippen LogP contribution is 2.09. The summed E-state index contributed by atoms with van der Waals surface area (Å²) in [7, 11) is 0. The molecule has 1 heterocycles. The van der Waals surface area contributed by atoms with E-state index in [1.54, 1.807) is 41.8 Å². The topological polar surface area (TPSA) is 78.4 Å².